The molecule has 0 saturated carbocycles. The Morgan fingerprint density at radius 2 is 1.24 bits per heavy atom. The van der Waals surface area contributed by atoms with Crippen molar-refractivity contribution in [3.63, 3.8) is 0 Å². The van der Waals surface area contributed by atoms with Gasteiger partial charge in [-0.05, 0) is 0 Å². The SMILES string of the molecule is CCC[CH2][Sn]([CH2]CCC)([CH2]CCC)[S]CCN. The number of rotatable bonds is 12. The fourth-order valence-electron chi connectivity index (χ4n) is 2.36. The monoisotopic (exact) mass is 367 g/mol. The Labute approximate surface area is 116 Å². The van der Waals surface area contributed by atoms with Crippen molar-refractivity contribution >= 4 is 25.9 Å². The molecular weight excluding hydrogens is 333 g/mol. The first-order chi connectivity index (χ1) is 8.24. The Morgan fingerprint density at radius 1 is 0.824 bits per heavy atom. The van der Waals surface area contributed by atoms with E-state index in [9.17, 15) is 0 Å². The van der Waals surface area contributed by atoms with Gasteiger partial charge in [0.05, 0.1) is 0 Å². The van der Waals surface area contributed by atoms with Crippen molar-refractivity contribution < 1.29 is 0 Å². The summed E-state index contributed by atoms with van der Waals surface area (Å²) in [6.45, 7) is 7.89. The van der Waals surface area contributed by atoms with Gasteiger partial charge in [-0.3, -0.25) is 0 Å². The normalized spacial score (nSPS) is 12.0. The van der Waals surface area contributed by atoms with Crippen molar-refractivity contribution in [2.75, 3.05) is 12.3 Å². The van der Waals surface area contributed by atoms with E-state index in [1.165, 1.54) is 44.3 Å². The minimum atomic E-state index is -1.85. The molecule has 0 aliphatic heterocycles. The summed E-state index contributed by atoms with van der Waals surface area (Å²) < 4.78 is 4.82. The number of unbranched alkanes of at least 4 members (excludes halogenated alkanes) is 3. The second-order valence-corrected chi connectivity index (χ2v) is 25.1. The topological polar surface area (TPSA) is 26.0 Å². The molecule has 0 aromatic carbocycles. The summed E-state index contributed by atoms with van der Waals surface area (Å²) in [6.07, 6.45) is 8.55. The number of nitrogens with two attached hydrogens (primary N) is 1. The maximum absolute atomic E-state index is 5.73. The van der Waals surface area contributed by atoms with Crippen LogP contribution in [-0.4, -0.2) is 29.3 Å². The molecule has 0 fully saturated rings. The minimum absolute atomic E-state index is 0.883. The quantitative estimate of drug-likeness (QED) is 0.491. The third-order valence-electron chi connectivity index (χ3n) is 3.48. The Hall–Kier alpha value is 1.11. The number of hydrogen-bond acceptors (Lipinski definition) is 2. The molecule has 2 N–H and O–H groups in total. The molecule has 0 aromatic rings. The van der Waals surface area contributed by atoms with Gasteiger partial charge in [0.25, 0.3) is 0 Å². The average molecular weight is 366 g/mol. The van der Waals surface area contributed by atoms with E-state index in [1.54, 1.807) is 13.3 Å². The van der Waals surface area contributed by atoms with Gasteiger partial charge in [-0.25, -0.2) is 0 Å². The molecule has 0 amide bonds. The Morgan fingerprint density at radius 3 is 1.53 bits per heavy atom. The van der Waals surface area contributed by atoms with Gasteiger partial charge in [0.1, 0.15) is 0 Å². The van der Waals surface area contributed by atoms with Gasteiger partial charge >= 0.3 is 117 Å². The molecule has 0 radical (unpaired) electrons. The van der Waals surface area contributed by atoms with Crippen molar-refractivity contribution in [2.24, 2.45) is 5.73 Å². The van der Waals surface area contributed by atoms with Crippen LogP contribution in [0.3, 0.4) is 0 Å². The van der Waals surface area contributed by atoms with Gasteiger partial charge < -0.3 is 0 Å². The molecule has 0 aliphatic rings. The van der Waals surface area contributed by atoms with Crippen LogP contribution in [0, 0.1) is 0 Å². The van der Waals surface area contributed by atoms with E-state index in [4.69, 9.17) is 5.73 Å². The first-order valence-corrected chi connectivity index (χ1v) is 18.1. The zero-order chi connectivity index (χ0) is 13.0. The summed E-state index contributed by atoms with van der Waals surface area (Å²) in [5.41, 5.74) is 5.73. The summed E-state index contributed by atoms with van der Waals surface area (Å²) in [7, 11) is 2.37. The van der Waals surface area contributed by atoms with Crippen LogP contribution in [0.1, 0.15) is 59.3 Å². The van der Waals surface area contributed by atoms with Crippen molar-refractivity contribution in [3.05, 3.63) is 0 Å². The van der Waals surface area contributed by atoms with Gasteiger partial charge in [0.2, 0.25) is 0 Å². The molecule has 104 valence electrons. The van der Waals surface area contributed by atoms with E-state index in [1.807, 2.05) is 0 Å². The van der Waals surface area contributed by atoms with Gasteiger partial charge in [0.15, 0.2) is 0 Å². The van der Waals surface area contributed by atoms with Crippen molar-refractivity contribution in [1.29, 1.82) is 0 Å². The summed E-state index contributed by atoms with van der Waals surface area (Å²) in [6, 6.07) is 0. The van der Waals surface area contributed by atoms with E-state index in [-0.39, 0.29) is 0 Å². The van der Waals surface area contributed by atoms with Gasteiger partial charge in [-0.15, -0.1) is 0 Å². The van der Waals surface area contributed by atoms with E-state index >= 15 is 0 Å². The van der Waals surface area contributed by atoms with Gasteiger partial charge in [-0.2, -0.15) is 0 Å². The molecule has 1 nitrogen and oxygen atoms in total. The van der Waals surface area contributed by atoms with Crippen molar-refractivity contribution in [2.45, 2.75) is 72.6 Å². The Bertz CT molecular complexity index is 127. The molecule has 0 heterocycles. The van der Waals surface area contributed by atoms with Crippen LogP contribution in [0.5, 0.6) is 0 Å². The molecule has 0 aliphatic carbocycles. The first kappa shape index (κ1) is 18.1. The van der Waals surface area contributed by atoms with Crippen LogP contribution in [0.25, 0.3) is 0 Å². The molecule has 0 rings (SSSR count). The summed E-state index contributed by atoms with van der Waals surface area (Å²) >= 11 is -1.85. The molecule has 17 heavy (non-hydrogen) atoms. The van der Waals surface area contributed by atoms with E-state index in [0.717, 1.165) is 6.54 Å². The third kappa shape index (κ3) is 8.76. The molecular formula is C14H33NSSn. The predicted molar refractivity (Wildman–Crippen MR) is 86.4 cm³/mol. The predicted octanol–water partition coefficient (Wildman–Crippen LogP) is 5.02. The van der Waals surface area contributed by atoms with Crippen LogP contribution in [-0.2, 0) is 0 Å². The second kappa shape index (κ2) is 12.2. The van der Waals surface area contributed by atoms with Gasteiger partial charge in [-0.1, -0.05) is 0 Å². The fourth-order valence-corrected chi connectivity index (χ4v) is 25.4. The van der Waals surface area contributed by atoms with Crippen LogP contribution in [0.15, 0.2) is 0 Å². The summed E-state index contributed by atoms with van der Waals surface area (Å²) in [5, 5.41) is 0. The van der Waals surface area contributed by atoms with E-state index < -0.39 is 17.0 Å². The van der Waals surface area contributed by atoms with E-state index in [2.05, 4.69) is 29.7 Å². The molecule has 0 bridgehead atoms. The molecule has 0 atom stereocenters. The summed E-state index contributed by atoms with van der Waals surface area (Å²) in [4.78, 5) is 0. The van der Waals surface area contributed by atoms with Crippen molar-refractivity contribution in [3.8, 4) is 0 Å². The maximum atomic E-state index is 5.73. The van der Waals surface area contributed by atoms with Crippen molar-refractivity contribution in [1.82, 2.24) is 0 Å². The summed E-state index contributed by atoms with van der Waals surface area (Å²) in [5.74, 6) is 1.23. The Kier molecular flexibility index (Phi) is 13.0. The van der Waals surface area contributed by atoms with Gasteiger partial charge in [0, 0.05) is 0 Å². The van der Waals surface area contributed by atoms with Crippen LogP contribution in [0.4, 0.5) is 0 Å². The zero-order valence-corrected chi connectivity index (χ0v) is 15.9. The molecule has 0 unspecified atom stereocenters. The molecule has 3 heteroatoms. The Balaban J connectivity index is 4.39. The first-order valence-electron chi connectivity index (χ1n) is 7.58. The fraction of sp³-hybridized carbons (Fsp3) is 1.00. The molecule has 0 spiro atoms. The zero-order valence-electron chi connectivity index (χ0n) is 12.3. The molecule has 0 saturated heterocycles. The number of hydrogen-bond donors (Lipinski definition) is 1. The van der Waals surface area contributed by atoms with Crippen LogP contribution >= 0.6 is 8.95 Å². The standard InChI is InChI=1S/3C4H9.C2H7NS.Sn/c3*1-3-4-2;3-1-2-4;/h3*1,3-4H2,2H3;4H,1-3H2;/q;;;;+1/p-1. The second-order valence-electron chi connectivity index (χ2n) is 5.13. The molecule has 0 aromatic heterocycles. The third-order valence-corrected chi connectivity index (χ3v) is 26.5. The van der Waals surface area contributed by atoms with E-state index in [0.29, 0.717) is 0 Å². The van der Waals surface area contributed by atoms with Crippen LogP contribution < -0.4 is 5.73 Å². The van der Waals surface area contributed by atoms with Crippen LogP contribution in [0.2, 0.25) is 13.3 Å². The average Bonchev–Trinajstić information content (AvgIpc) is 2.37.